The molecule has 22 heavy (non-hydrogen) atoms. The predicted molar refractivity (Wildman–Crippen MR) is 90.9 cm³/mol. The minimum absolute atomic E-state index is 0.104. The van der Waals surface area contributed by atoms with Crippen LogP contribution < -0.4 is 0 Å². The number of hydrogen-bond donors (Lipinski definition) is 1. The molecule has 2 rings (SSSR count). The van der Waals surface area contributed by atoms with Crippen molar-refractivity contribution in [2.24, 2.45) is 5.92 Å². The van der Waals surface area contributed by atoms with Crippen LogP contribution in [0.15, 0.2) is 18.2 Å². The van der Waals surface area contributed by atoms with E-state index in [9.17, 15) is 5.11 Å². The lowest BCUT2D eigenvalue weighted by Gasteiger charge is -2.29. The van der Waals surface area contributed by atoms with Crippen LogP contribution >= 0.6 is 0 Å². The van der Waals surface area contributed by atoms with Crippen LogP contribution in [0.25, 0.3) is 0 Å². The summed E-state index contributed by atoms with van der Waals surface area (Å²) in [6.45, 7) is 2.27. The lowest BCUT2D eigenvalue weighted by atomic mass is 9.77. The Morgan fingerprint density at radius 2 is 1.82 bits per heavy atom. The third-order valence-corrected chi connectivity index (χ3v) is 5.18. The standard InChI is InChI=1S/C20H29NO/c1-2-3-4-5-6-7-16-8-10-17(11-9-16)18-12-13-20(22)19(14-18)15-21/h12-14,16-17,22H,2-11H2,1H3. The van der Waals surface area contributed by atoms with Crippen molar-refractivity contribution < 1.29 is 5.11 Å². The summed E-state index contributed by atoms with van der Waals surface area (Å²) >= 11 is 0. The van der Waals surface area contributed by atoms with Gasteiger partial charge in [-0.3, -0.25) is 0 Å². The Balaban J connectivity index is 1.76. The van der Waals surface area contributed by atoms with Crippen molar-refractivity contribution in [2.45, 2.75) is 77.0 Å². The van der Waals surface area contributed by atoms with Gasteiger partial charge in [0.1, 0.15) is 11.8 Å². The molecule has 0 atom stereocenters. The monoisotopic (exact) mass is 299 g/mol. The average molecular weight is 299 g/mol. The van der Waals surface area contributed by atoms with Crippen LogP contribution in [-0.4, -0.2) is 5.11 Å². The van der Waals surface area contributed by atoms with Crippen LogP contribution in [0.5, 0.6) is 5.75 Å². The van der Waals surface area contributed by atoms with Gasteiger partial charge in [0.25, 0.3) is 0 Å². The van der Waals surface area contributed by atoms with Crippen molar-refractivity contribution in [1.82, 2.24) is 0 Å². The van der Waals surface area contributed by atoms with Gasteiger partial charge in [0.05, 0.1) is 5.56 Å². The van der Waals surface area contributed by atoms with E-state index < -0.39 is 0 Å². The summed E-state index contributed by atoms with van der Waals surface area (Å²) < 4.78 is 0. The second-order valence-electron chi connectivity index (χ2n) is 6.81. The molecular formula is C20H29NO. The maximum Gasteiger partial charge on any atom is 0.133 e. The first-order valence-electron chi connectivity index (χ1n) is 8.97. The maximum atomic E-state index is 9.61. The maximum absolute atomic E-state index is 9.61. The number of nitrogens with zero attached hydrogens (tertiary/aromatic N) is 1. The van der Waals surface area contributed by atoms with Crippen molar-refractivity contribution in [3.8, 4) is 11.8 Å². The van der Waals surface area contributed by atoms with Gasteiger partial charge in [-0.25, -0.2) is 0 Å². The van der Waals surface area contributed by atoms with Gasteiger partial charge >= 0.3 is 0 Å². The fraction of sp³-hybridized carbons (Fsp3) is 0.650. The van der Waals surface area contributed by atoms with Gasteiger partial charge in [-0.05, 0) is 55.2 Å². The van der Waals surface area contributed by atoms with Crippen LogP contribution in [0.1, 0.15) is 88.2 Å². The molecule has 1 aliphatic rings. The molecule has 0 aliphatic heterocycles. The first-order chi connectivity index (χ1) is 10.7. The van der Waals surface area contributed by atoms with E-state index >= 15 is 0 Å². The third-order valence-electron chi connectivity index (χ3n) is 5.18. The predicted octanol–water partition coefficient (Wildman–Crippen LogP) is 5.90. The molecule has 1 aromatic carbocycles. The van der Waals surface area contributed by atoms with Crippen molar-refractivity contribution in [3.05, 3.63) is 29.3 Å². The Bertz CT molecular complexity index is 495. The van der Waals surface area contributed by atoms with Gasteiger partial charge in [-0.15, -0.1) is 0 Å². The first kappa shape index (κ1) is 16.9. The van der Waals surface area contributed by atoms with Crippen molar-refractivity contribution >= 4 is 0 Å². The van der Waals surface area contributed by atoms with Gasteiger partial charge in [0.15, 0.2) is 0 Å². The van der Waals surface area contributed by atoms with E-state index in [0.29, 0.717) is 11.5 Å². The summed E-state index contributed by atoms with van der Waals surface area (Å²) in [6.07, 6.45) is 13.4. The summed E-state index contributed by atoms with van der Waals surface area (Å²) in [5, 5.41) is 18.6. The lowest BCUT2D eigenvalue weighted by Crippen LogP contribution is -2.13. The zero-order valence-electron chi connectivity index (χ0n) is 13.9. The van der Waals surface area contributed by atoms with E-state index in [-0.39, 0.29) is 5.75 Å². The fourth-order valence-corrected chi connectivity index (χ4v) is 3.72. The van der Waals surface area contributed by atoms with Gasteiger partial charge < -0.3 is 5.11 Å². The minimum atomic E-state index is 0.104. The van der Waals surface area contributed by atoms with E-state index in [2.05, 4.69) is 13.0 Å². The van der Waals surface area contributed by atoms with Crippen LogP contribution in [0.4, 0.5) is 0 Å². The highest BCUT2D eigenvalue weighted by atomic mass is 16.3. The quantitative estimate of drug-likeness (QED) is 0.637. The van der Waals surface area contributed by atoms with Gasteiger partial charge in [-0.2, -0.15) is 5.26 Å². The summed E-state index contributed by atoms with van der Waals surface area (Å²) in [5.41, 5.74) is 1.64. The number of phenolic OH excluding ortho intramolecular Hbond substituents is 1. The van der Waals surface area contributed by atoms with Gasteiger partial charge in [-0.1, -0.05) is 51.5 Å². The molecule has 120 valence electrons. The molecule has 0 saturated heterocycles. The molecular weight excluding hydrogens is 270 g/mol. The molecule has 2 heteroatoms. The number of rotatable bonds is 7. The first-order valence-corrected chi connectivity index (χ1v) is 8.97. The molecule has 1 aliphatic carbocycles. The highest BCUT2D eigenvalue weighted by molar-refractivity contribution is 5.45. The van der Waals surface area contributed by atoms with Crippen molar-refractivity contribution in [3.63, 3.8) is 0 Å². The minimum Gasteiger partial charge on any atom is -0.507 e. The molecule has 1 N–H and O–H groups in total. The largest absolute Gasteiger partial charge is 0.507 e. The van der Waals surface area contributed by atoms with Crippen LogP contribution in [0.3, 0.4) is 0 Å². The Labute approximate surface area is 135 Å². The second kappa shape index (κ2) is 8.83. The van der Waals surface area contributed by atoms with Crippen LogP contribution in [0.2, 0.25) is 0 Å². The van der Waals surface area contributed by atoms with Crippen LogP contribution in [-0.2, 0) is 0 Å². The molecule has 0 spiro atoms. The molecule has 0 unspecified atom stereocenters. The Morgan fingerprint density at radius 1 is 1.09 bits per heavy atom. The lowest BCUT2D eigenvalue weighted by molar-refractivity contribution is 0.302. The van der Waals surface area contributed by atoms with Crippen molar-refractivity contribution in [2.75, 3.05) is 0 Å². The Kier molecular flexibility index (Phi) is 6.77. The second-order valence-corrected chi connectivity index (χ2v) is 6.81. The summed E-state index contributed by atoms with van der Waals surface area (Å²) in [7, 11) is 0. The summed E-state index contributed by atoms with van der Waals surface area (Å²) in [5.74, 6) is 1.58. The molecule has 2 nitrogen and oxygen atoms in total. The number of hydrogen-bond acceptors (Lipinski definition) is 2. The van der Waals surface area contributed by atoms with E-state index in [1.165, 1.54) is 69.8 Å². The summed E-state index contributed by atoms with van der Waals surface area (Å²) in [4.78, 5) is 0. The number of benzene rings is 1. The normalized spacial score (nSPS) is 21.5. The highest BCUT2D eigenvalue weighted by Gasteiger charge is 2.22. The Morgan fingerprint density at radius 3 is 2.50 bits per heavy atom. The number of phenols is 1. The van der Waals surface area contributed by atoms with Crippen LogP contribution in [0, 0.1) is 17.2 Å². The van der Waals surface area contributed by atoms with E-state index in [1.54, 1.807) is 6.07 Å². The molecule has 1 aromatic rings. The number of aromatic hydroxyl groups is 1. The number of nitriles is 1. The smallest absolute Gasteiger partial charge is 0.133 e. The van der Waals surface area contributed by atoms with Gasteiger partial charge in [0, 0.05) is 0 Å². The molecule has 0 radical (unpaired) electrons. The third kappa shape index (κ3) is 4.77. The van der Waals surface area contributed by atoms with E-state index in [1.807, 2.05) is 12.1 Å². The SMILES string of the molecule is CCCCCCCC1CCC(c2ccc(O)c(C#N)c2)CC1. The molecule has 0 aromatic heterocycles. The average Bonchev–Trinajstić information content (AvgIpc) is 2.56. The molecule has 0 heterocycles. The zero-order valence-corrected chi connectivity index (χ0v) is 13.9. The molecule has 0 amide bonds. The van der Waals surface area contributed by atoms with E-state index in [4.69, 9.17) is 5.26 Å². The van der Waals surface area contributed by atoms with Crippen molar-refractivity contribution in [1.29, 1.82) is 5.26 Å². The Hall–Kier alpha value is -1.49. The molecule has 0 bridgehead atoms. The number of unbranched alkanes of at least 4 members (excludes halogenated alkanes) is 4. The highest BCUT2D eigenvalue weighted by Crippen LogP contribution is 2.38. The molecule has 1 saturated carbocycles. The topological polar surface area (TPSA) is 44.0 Å². The fourth-order valence-electron chi connectivity index (χ4n) is 3.72. The van der Waals surface area contributed by atoms with E-state index in [0.717, 1.165) is 5.92 Å². The summed E-state index contributed by atoms with van der Waals surface area (Å²) in [6, 6.07) is 7.62. The molecule has 1 fully saturated rings. The van der Waals surface area contributed by atoms with Gasteiger partial charge in [0.2, 0.25) is 0 Å². The zero-order chi connectivity index (χ0) is 15.8.